The molecule has 0 spiro atoms. The highest BCUT2D eigenvalue weighted by molar-refractivity contribution is 9.10. The van der Waals surface area contributed by atoms with Gasteiger partial charge in [-0.05, 0) is 47.5 Å². The molecular weight excluding hydrogens is 310 g/mol. The van der Waals surface area contributed by atoms with Crippen molar-refractivity contribution in [2.75, 3.05) is 6.61 Å². The molecule has 0 radical (unpaired) electrons. The summed E-state index contributed by atoms with van der Waals surface area (Å²) < 4.78 is 27.6. The van der Waals surface area contributed by atoms with Crippen molar-refractivity contribution in [1.82, 2.24) is 0 Å². The van der Waals surface area contributed by atoms with Crippen LogP contribution < -0.4 is 5.14 Å². The number of benzene rings is 1. The van der Waals surface area contributed by atoms with Gasteiger partial charge in [-0.2, -0.15) is 0 Å². The van der Waals surface area contributed by atoms with Gasteiger partial charge in [0.15, 0.2) is 0 Å². The third-order valence-electron chi connectivity index (χ3n) is 1.99. The van der Waals surface area contributed by atoms with Gasteiger partial charge in [-0.3, -0.25) is 0 Å². The Morgan fingerprint density at radius 2 is 2.06 bits per heavy atom. The Balaban J connectivity index is 3.44. The van der Waals surface area contributed by atoms with E-state index in [1.807, 2.05) is 0 Å². The molecule has 2 N–H and O–H groups in total. The van der Waals surface area contributed by atoms with Crippen LogP contribution in [0.5, 0.6) is 0 Å². The second-order valence-electron chi connectivity index (χ2n) is 3.39. The molecule has 0 atom stereocenters. The molecule has 0 saturated carbocycles. The third kappa shape index (κ3) is 3.27. The van der Waals surface area contributed by atoms with Crippen molar-refractivity contribution in [2.45, 2.75) is 18.7 Å². The van der Waals surface area contributed by atoms with E-state index >= 15 is 0 Å². The second kappa shape index (κ2) is 5.16. The molecule has 17 heavy (non-hydrogen) atoms. The highest BCUT2D eigenvalue weighted by Crippen LogP contribution is 2.27. The molecule has 0 aliphatic rings. The van der Waals surface area contributed by atoms with Crippen LogP contribution in [-0.4, -0.2) is 21.0 Å². The zero-order valence-electron chi connectivity index (χ0n) is 9.36. The molecule has 0 unspecified atom stereocenters. The predicted octanol–water partition coefficient (Wildman–Crippen LogP) is 1.58. The van der Waals surface area contributed by atoms with Crippen molar-refractivity contribution in [3.8, 4) is 0 Å². The van der Waals surface area contributed by atoms with Gasteiger partial charge in [-0.15, -0.1) is 0 Å². The summed E-state index contributed by atoms with van der Waals surface area (Å²) in [7, 11) is -3.88. The molecule has 0 saturated heterocycles. The average molecular weight is 322 g/mol. The van der Waals surface area contributed by atoms with Crippen LogP contribution in [0.3, 0.4) is 0 Å². The monoisotopic (exact) mass is 321 g/mol. The van der Waals surface area contributed by atoms with Crippen LogP contribution in [0.15, 0.2) is 21.5 Å². The molecule has 0 aliphatic heterocycles. The van der Waals surface area contributed by atoms with E-state index in [2.05, 4.69) is 15.9 Å². The molecule has 0 amide bonds. The van der Waals surface area contributed by atoms with Gasteiger partial charge < -0.3 is 4.74 Å². The molecule has 0 heterocycles. The number of halogens is 1. The molecule has 94 valence electrons. The Hall–Kier alpha value is -0.920. The number of primary sulfonamides is 1. The predicted molar refractivity (Wildman–Crippen MR) is 66.2 cm³/mol. The first kappa shape index (κ1) is 14.1. The van der Waals surface area contributed by atoms with Crippen molar-refractivity contribution in [3.63, 3.8) is 0 Å². The Bertz CT molecular complexity index is 554. The van der Waals surface area contributed by atoms with Crippen LogP contribution in [0.2, 0.25) is 0 Å². The number of ether oxygens (including phenoxy) is 1. The van der Waals surface area contributed by atoms with Gasteiger partial charge in [0.1, 0.15) is 0 Å². The van der Waals surface area contributed by atoms with E-state index in [0.717, 1.165) is 0 Å². The minimum Gasteiger partial charge on any atom is -0.462 e. The fraction of sp³-hybridized carbons (Fsp3) is 0.300. The standard InChI is InChI=1S/C10H12BrNO4S/c1-3-16-10(13)7-4-6(2)5-8(9(7)11)17(12,14)15/h4-5H,3H2,1-2H3,(H2,12,14,15). The van der Waals surface area contributed by atoms with E-state index in [9.17, 15) is 13.2 Å². The summed E-state index contributed by atoms with van der Waals surface area (Å²) in [4.78, 5) is 11.5. The average Bonchev–Trinajstić information content (AvgIpc) is 2.19. The number of nitrogens with two attached hydrogens (primary N) is 1. The zero-order valence-corrected chi connectivity index (χ0v) is 11.8. The van der Waals surface area contributed by atoms with E-state index < -0.39 is 16.0 Å². The first-order valence-electron chi connectivity index (χ1n) is 4.77. The summed E-state index contributed by atoms with van der Waals surface area (Å²) in [5.41, 5.74) is 0.760. The van der Waals surface area contributed by atoms with Gasteiger partial charge in [0, 0.05) is 0 Å². The molecule has 1 aromatic rings. The van der Waals surface area contributed by atoms with Crippen LogP contribution in [0.1, 0.15) is 22.8 Å². The van der Waals surface area contributed by atoms with Crippen molar-refractivity contribution in [2.24, 2.45) is 5.14 Å². The lowest BCUT2D eigenvalue weighted by molar-refractivity contribution is 0.0525. The molecule has 7 heteroatoms. The third-order valence-corrected chi connectivity index (χ3v) is 4.04. The molecule has 1 rings (SSSR count). The number of hydrogen-bond donors (Lipinski definition) is 1. The maximum absolute atomic E-state index is 11.6. The van der Waals surface area contributed by atoms with Crippen LogP contribution in [-0.2, 0) is 14.8 Å². The zero-order chi connectivity index (χ0) is 13.2. The van der Waals surface area contributed by atoms with E-state index in [1.54, 1.807) is 13.8 Å². The summed E-state index contributed by atoms with van der Waals surface area (Å²) in [6.45, 7) is 3.55. The molecule has 5 nitrogen and oxygen atoms in total. The Morgan fingerprint density at radius 1 is 1.47 bits per heavy atom. The SMILES string of the molecule is CCOC(=O)c1cc(C)cc(S(N)(=O)=O)c1Br. The van der Waals surface area contributed by atoms with Gasteiger partial charge in [0.05, 0.1) is 21.5 Å². The largest absolute Gasteiger partial charge is 0.462 e. The molecule has 1 aromatic carbocycles. The fourth-order valence-electron chi connectivity index (χ4n) is 1.30. The van der Waals surface area contributed by atoms with Gasteiger partial charge in [-0.25, -0.2) is 18.4 Å². The van der Waals surface area contributed by atoms with Gasteiger partial charge in [0.25, 0.3) is 0 Å². The van der Waals surface area contributed by atoms with Crippen molar-refractivity contribution in [1.29, 1.82) is 0 Å². The normalized spacial score (nSPS) is 11.3. The molecule has 0 aromatic heterocycles. The number of aryl methyl sites for hydroxylation is 1. The fourth-order valence-corrected chi connectivity index (χ4v) is 3.08. The summed E-state index contributed by atoms with van der Waals surface area (Å²) in [6, 6.07) is 2.93. The van der Waals surface area contributed by atoms with E-state index in [1.165, 1.54) is 12.1 Å². The summed E-state index contributed by atoms with van der Waals surface area (Å²) in [5, 5.41) is 5.06. The minimum atomic E-state index is -3.88. The van der Waals surface area contributed by atoms with Crippen molar-refractivity contribution >= 4 is 31.9 Å². The Morgan fingerprint density at radius 3 is 2.53 bits per heavy atom. The number of rotatable bonds is 3. The van der Waals surface area contributed by atoms with E-state index in [-0.39, 0.29) is 21.5 Å². The first-order valence-corrected chi connectivity index (χ1v) is 7.11. The van der Waals surface area contributed by atoms with Crippen LogP contribution in [0.25, 0.3) is 0 Å². The first-order chi connectivity index (χ1) is 7.77. The maximum Gasteiger partial charge on any atom is 0.339 e. The number of esters is 1. The number of hydrogen-bond acceptors (Lipinski definition) is 4. The van der Waals surface area contributed by atoms with Crippen LogP contribution in [0.4, 0.5) is 0 Å². The van der Waals surface area contributed by atoms with Gasteiger partial charge >= 0.3 is 5.97 Å². The van der Waals surface area contributed by atoms with E-state index in [4.69, 9.17) is 9.88 Å². The lowest BCUT2D eigenvalue weighted by Crippen LogP contribution is -2.15. The summed E-state index contributed by atoms with van der Waals surface area (Å²) in [6.07, 6.45) is 0. The number of carbonyl (C=O) groups is 1. The highest BCUT2D eigenvalue weighted by Gasteiger charge is 2.20. The minimum absolute atomic E-state index is 0.124. The smallest absolute Gasteiger partial charge is 0.339 e. The summed E-state index contributed by atoms with van der Waals surface area (Å²) in [5.74, 6) is -0.590. The van der Waals surface area contributed by atoms with Crippen LogP contribution >= 0.6 is 15.9 Å². The van der Waals surface area contributed by atoms with Crippen LogP contribution in [0, 0.1) is 6.92 Å². The maximum atomic E-state index is 11.6. The molecule has 0 bridgehead atoms. The number of sulfonamides is 1. The highest BCUT2D eigenvalue weighted by atomic mass is 79.9. The Labute approximate surface area is 108 Å². The second-order valence-corrected chi connectivity index (χ2v) is 5.71. The summed E-state index contributed by atoms with van der Waals surface area (Å²) >= 11 is 3.06. The molecule has 0 aliphatic carbocycles. The topological polar surface area (TPSA) is 86.5 Å². The molecule has 0 fully saturated rings. The quantitative estimate of drug-likeness (QED) is 0.856. The lowest BCUT2D eigenvalue weighted by Gasteiger charge is -2.09. The lowest BCUT2D eigenvalue weighted by atomic mass is 10.1. The van der Waals surface area contributed by atoms with E-state index in [0.29, 0.717) is 5.56 Å². The van der Waals surface area contributed by atoms with Crippen molar-refractivity contribution in [3.05, 3.63) is 27.7 Å². The number of carbonyl (C=O) groups excluding carboxylic acids is 1. The van der Waals surface area contributed by atoms with Gasteiger partial charge in [-0.1, -0.05) is 0 Å². The van der Waals surface area contributed by atoms with Gasteiger partial charge in [0.2, 0.25) is 10.0 Å². The molecular formula is C10H12BrNO4S. The Kier molecular flexibility index (Phi) is 4.29. The van der Waals surface area contributed by atoms with Crippen molar-refractivity contribution < 1.29 is 17.9 Å².